The van der Waals surface area contributed by atoms with Crippen molar-refractivity contribution >= 4 is 13.9 Å². The molecule has 0 radical (unpaired) electrons. The molecule has 0 atom stereocenters. The van der Waals surface area contributed by atoms with E-state index in [0.717, 1.165) is 18.4 Å². The Morgan fingerprint density at radius 3 is 2.12 bits per heavy atom. The summed E-state index contributed by atoms with van der Waals surface area (Å²) in [6.07, 6.45) is 1.78. The van der Waals surface area contributed by atoms with Crippen LogP contribution in [0.1, 0.15) is 33.6 Å². The van der Waals surface area contributed by atoms with Gasteiger partial charge in [-0.3, -0.25) is 4.79 Å². The van der Waals surface area contributed by atoms with Crippen molar-refractivity contribution in [2.45, 2.75) is 53.3 Å². The summed E-state index contributed by atoms with van der Waals surface area (Å²) in [4.78, 5) is 12.1. The van der Waals surface area contributed by atoms with Crippen molar-refractivity contribution < 1.29 is 4.79 Å². The van der Waals surface area contributed by atoms with E-state index in [1.165, 1.54) is 16.3 Å². The Bertz CT molecular complexity index is 461. The highest BCUT2D eigenvalue weighted by atomic mass is 28.3. The van der Waals surface area contributed by atoms with E-state index in [2.05, 4.69) is 45.3 Å². The molecule has 0 aromatic rings. The van der Waals surface area contributed by atoms with Gasteiger partial charge in [0, 0.05) is 5.57 Å². The van der Waals surface area contributed by atoms with E-state index in [0.29, 0.717) is 0 Å². The Kier molecular flexibility index (Phi) is 4.16. The quantitative estimate of drug-likeness (QED) is 0.313. The van der Waals surface area contributed by atoms with Crippen molar-refractivity contribution in [1.82, 2.24) is 0 Å². The van der Waals surface area contributed by atoms with Crippen LogP contribution in [0.5, 0.6) is 0 Å². The largest absolute Gasteiger partial charge is 0.280 e. The molecule has 0 saturated carbocycles. The van der Waals surface area contributed by atoms with E-state index in [9.17, 15) is 4.79 Å². The lowest BCUT2D eigenvalue weighted by Crippen LogP contribution is -2.29. The first-order chi connectivity index (χ1) is 7.77. The molecule has 2 heteroatoms. The second kappa shape index (κ2) is 5.06. The Morgan fingerprint density at radius 2 is 1.65 bits per heavy atom. The molecule has 0 heterocycles. The van der Waals surface area contributed by atoms with Crippen LogP contribution in [-0.2, 0) is 4.79 Å². The molecule has 1 aliphatic rings. The summed E-state index contributed by atoms with van der Waals surface area (Å²) in [6.45, 7) is 13.0. The van der Waals surface area contributed by atoms with Crippen molar-refractivity contribution in [1.29, 1.82) is 0 Å². The summed E-state index contributed by atoms with van der Waals surface area (Å²) in [5, 5.41) is 1.40. The lowest BCUT2D eigenvalue weighted by atomic mass is 9.91. The third kappa shape index (κ3) is 3.20. The molecule has 92 valence electrons. The van der Waals surface area contributed by atoms with Gasteiger partial charge in [0.1, 0.15) is 0 Å². The highest BCUT2D eigenvalue weighted by Gasteiger charge is 2.29. The van der Waals surface area contributed by atoms with Gasteiger partial charge in [0.05, 0.1) is 8.07 Å². The van der Waals surface area contributed by atoms with E-state index < -0.39 is 8.07 Å². The normalized spacial score (nSPS) is 16.8. The fraction of sp³-hybridized carbons (Fsp3) is 0.533. The van der Waals surface area contributed by atoms with Crippen LogP contribution < -0.4 is 0 Å². The van der Waals surface area contributed by atoms with E-state index in [1.807, 2.05) is 0 Å². The Labute approximate surface area is 106 Å². The minimum atomic E-state index is -1.43. The Morgan fingerprint density at radius 1 is 1.12 bits per heavy atom. The van der Waals surface area contributed by atoms with Gasteiger partial charge in [0.15, 0.2) is 0 Å². The maximum atomic E-state index is 12.1. The molecule has 0 aromatic heterocycles. The minimum absolute atomic E-state index is 0.0387. The van der Waals surface area contributed by atoms with Crippen molar-refractivity contribution in [2.75, 3.05) is 0 Å². The summed E-state index contributed by atoms with van der Waals surface area (Å²) in [5.74, 6) is 5.47. The first-order valence-corrected chi connectivity index (χ1v) is 9.62. The van der Waals surface area contributed by atoms with Crippen molar-refractivity contribution in [3.05, 3.63) is 21.9 Å². The zero-order chi connectivity index (χ0) is 13.2. The monoisotopic (exact) mass is 246 g/mol. The molecule has 1 aliphatic carbocycles. The molecule has 0 aromatic carbocycles. The zero-order valence-corrected chi connectivity index (χ0v) is 12.8. The number of allylic oxidation sites excluding steroid dienone is 4. The standard InChI is InChI=1S/C15H22OSi/c1-7-8-14(16)13-9-11(2)12(3)10-15(13)17(4,5)6/h9-10H2,1-6H3. The molecule has 0 spiro atoms. The molecule has 0 fully saturated rings. The van der Waals surface area contributed by atoms with Crippen LogP contribution in [0.2, 0.25) is 19.6 Å². The molecular formula is C15H22OSi. The van der Waals surface area contributed by atoms with Gasteiger partial charge in [-0.15, -0.1) is 0 Å². The van der Waals surface area contributed by atoms with E-state index in [4.69, 9.17) is 0 Å². The molecule has 17 heavy (non-hydrogen) atoms. The highest BCUT2D eigenvalue weighted by molar-refractivity contribution is 6.83. The maximum Gasteiger partial charge on any atom is 0.231 e. The van der Waals surface area contributed by atoms with Gasteiger partial charge in [-0.05, 0) is 39.5 Å². The van der Waals surface area contributed by atoms with Gasteiger partial charge in [0.25, 0.3) is 0 Å². The summed E-state index contributed by atoms with van der Waals surface area (Å²) < 4.78 is 0. The summed E-state index contributed by atoms with van der Waals surface area (Å²) >= 11 is 0. The number of hydrogen-bond acceptors (Lipinski definition) is 1. The lowest BCUT2D eigenvalue weighted by molar-refractivity contribution is -0.110. The van der Waals surface area contributed by atoms with Gasteiger partial charge in [0.2, 0.25) is 5.78 Å². The van der Waals surface area contributed by atoms with Gasteiger partial charge < -0.3 is 0 Å². The number of Topliss-reactive ketones (excluding diaryl/α,β-unsaturated/α-hetero) is 1. The van der Waals surface area contributed by atoms with E-state index in [1.54, 1.807) is 6.92 Å². The van der Waals surface area contributed by atoms with Crippen LogP contribution in [-0.4, -0.2) is 13.9 Å². The minimum Gasteiger partial charge on any atom is -0.280 e. The molecule has 0 saturated heterocycles. The summed E-state index contributed by atoms with van der Waals surface area (Å²) in [6, 6.07) is 0. The molecule has 0 bridgehead atoms. The predicted molar refractivity (Wildman–Crippen MR) is 76.4 cm³/mol. The second-order valence-electron chi connectivity index (χ2n) is 5.83. The summed E-state index contributed by atoms with van der Waals surface area (Å²) in [5.41, 5.74) is 3.76. The van der Waals surface area contributed by atoms with Crippen LogP contribution in [0.15, 0.2) is 21.9 Å². The molecule has 0 unspecified atom stereocenters. The number of carbonyl (C=O) groups excluding carboxylic acids is 1. The number of rotatable bonds is 2. The second-order valence-corrected chi connectivity index (χ2v) is 10.9. The van der Waals surface area contributed by atoms with Crippen molar-refractivity contribution in [3.63, 3.8) is 0 Å². The molecule has 1 nitrogen and oxygen atoms in total. The smallest absolute Gasteiger partial charge is 0.231 e. The number of ketones is 1. The van der Waals surface area contributed by atoms with Gasteiger partial charge in [-0.25, -0.2) is 0 Å². The Hall–Kier alpha value is -1.07. The third-order valence-corrected chi connectivity index (χ3v) is 5.68. The topological polar surface area (TPSA) is 17.1 Å². The molecule has 0 N–H and O–H groups in total. The Balaban J connectivity index is 3.25. The maximum absolute atomic E-state index is 12.1. The van der Waals surface area contributed by atoms with Crippen LogP contribution in [0.25, 0.3) is 0 Å². The molecule has 1 rings (SSSR count). The number of hydrogen-bond donors (Lipinski definition) is 0. The number of carbonyl (C=O) groups is 1. The first kappa shape index (κ1) is 14.0. The molecular weight excluding hydrogens is 224 g/mol. The fourth-order valence-electron chi connectivity index (χ4n) is 2.17. The van der Waals surface area contributed by atoms with Crippen LogP contribution in [0.3, 0.4) is 0 Å². The van der Waals surface area contributed by atoms with Gasteiger partial charge >= 0.3 is 0 Å². The first-order valence-electron chi connectivity index (χ1n) is 6.12. The van der Waals surface area contributed by atoms with Crippen LogP contribution in [0.4, 0.5) is 0 Å². The molecule has 0 amide bonds. The average Bonchev–Trinajstić information content (AvgIpc) is 2.20. The van der Waals surface area contributed by atoms with Gasteiger partial charge in [-0.1, -0.05) is 41.9 Å². The highest BCUT2D eigenvalue weighted by Crippen LogP contribution is 2.35. The van der Waals surface area contributed by atoms with E-state index >= 15 is 0 Å². The van der Waals surface area contributed by atoms with Crippen molar-refractivity contribution in [2.24, 2.45) is 0 Å². The van der Waals surface area contributed by atoms with Gasteiger partial charge in [-0.2, -0.15) is 0 Å². The predicted octanol–water partition coefficient (Wildman–Crippen LogP) is 3.88. The van der Waals surface area contributed by atoms with Crippen molar-refractivity contribution in [3.8, 4) is 11.8 Å². The fourth-order valence-corrected chi connectivity index (χ4v) is 4.07. The van der Waals surface area contributed by atoms with Crippen LogP contribution >= 0.6 is 0 Å². The molecule has 0 aliphatic heterocycles. The zero-order valence-electron chi connectivity index (χ0n) is 11.8. The summed E-state index contributed by atoms with van der Waals surface area (Å²) in [7, 11) is -1.43. The lowest BCUT2D eigenvalue weighted by Gasteiger charge is -2.29. The average molecular weight is 246 g/mol. The third-order valence-electron chi connectivity index (χ3n) is 3.39. The van der Waals surface area contributed by atoms with E-state index in [-0.39, 0.29) is 5.78 Å². The van der Waals surface area contributed by atoms with Crippen LogP contribution in [0, 0.1) is 11.8 Å². The SMILES string of the molecule is CC#CC(=O)C1=C([Si](C)(C)C)CC(C)=C(C)C1.